The summed E-state index contributed by atoms with van der Waals surface area (Å²) in [6.45, 7) is 2.35. The van der Waals surface area contributed by atoms with Gasteiger partial charge in [-0.25, -0.2) is 4.79 Å². The summed E-state index contributed by atoms with van der Waals surface area (Å²) in [7, 11) is 0. The van der Waals surface area contributed by atoms with Gasteiger partial charge in [0.2, 0.25) is 5.91 Å². The number of nitrogens with zero attached hydrogens (tertiary/aromatic N) is 1. The molecular weight excluding hydrogens is 310 g/mol. The Morgan fingerprint density at radius 1 is 1.38 bits per heavy atom. The van der Waals surface area contributed by atoms with E-state index in [1.807, 2.05) is 0 Å². The molecule has 2 heterocycles. The Kier molecular flexibility index (Phi) is 4.53. The molecule has 2 fully saturated rings. The van der Waals surface area contributed by atoms with Gasteiger partial charge in [0.15, 0.2) is 0 Å². The number of carbonyl (C=O) groups is 3. The lowest BCUT2D eigenvalue weighted by atomic mass is 9.89. The van der Waals surface area contributed by atoms with E-state index in [-0.39, 0.29) is 30.5 Å². The standard InChI is InChI=1S/C17H21N3O4/c1-10-14(15(22)19-17(24)18-10)11-4-2-5-12(8-11)16(23)20-7-3-6-13(20)9-21/h2,4-5,8,10,13-14,21H,3,6-7,9H2,1H3,(H2,18,19,22,24)/t10?,13-,14?/m0/s1. The average molecular weight is 331 g/mol. The van der Waals surface area contributed by atoms with E-state index in [0.29, 0.717) is 17.7 Å². The molecule has 0 aromatic heterocycles. The highest BCUT2D eigenvalue weighted by molar-refractivity contribution is 6.01. The van der Waals surface area contributed by atoms with Crippen LogP contribution >= 0.6 is 0 Å². The highest BCUT2D eigenvalue weighted by Gasteiger charge is 2.35. The number of hydrogen-bond donors (Lipinski definition) is 3. The molecule has 1 aromatic carbocycles. The highest BCUT2D eigenvalue weighted by atomic mass is 16.3. The molecule has 128 valence electrons. The maximum absolute atomic E-state index is 12.7. The Hall–Kier alpha value is -2.41. The van der Waals surface area contributed by atoms with Crippen LogP contribution in [0.4, 0.5) is 4.79 Å². The third-order valence-electron chi connectivity index (χ3n) is 4.72. The van der Waals surface area contributed by atoms with E-state index in [1.54, 1.807) is 36.1 Å². The minimum absolute atomic E-state index is 0.0421. The summed E-state index contributed by atoms with van der Waals surface area (Å²) >= 11 is 0. The van der Waals surface area contributed by atoms with Gasteiger partial charge in [-0.05, 0) is 37.5 Å². The van der Waals surface area contributed by atoms with Crippen molar-refractivity contribution in [3.8, 4) is 0 Å². The second-order valence-electron chi connectivity index (χ2n) is 6.33. The number of likely N-dealkylation sites (tertiary alicyclic amines) is 1. The Morgan fingerprint density at radius 2 is 2.17 bits per heavy atom. The summed E-state index contributed by atoms with van der Waals surface area (Å²) in [6, 6.07) is 5.94. The maximum atomic E-state index is 12.7. The number of rotatable bonds is 3. The minimum Gasteiger partial charge on any atom is -0.394 e. The zero-order chi connectivity index (χ0) is 17.3. The minimum atomic E-state index is -0.539. The van der Waals surface area contributed by atoms with Gasteiger partial charge in [-0.2, -0.15) is 0 Å². The Labute approximate surface area is 140 Å². The average Bonchev–Trinajstić information content (AvgIpc) is 3.02. The molecule has 0 aliphatic carbocycles. The number of imide groups is 1. The van der Waals surface area contributed by atoms with Crippen LogP contribution in [0.3, 0.4) is 0 Å². The maximum Gasteiger partial charge on any atom is 0.321 e. The molecular formula is C17H21N3O4. The predicted molar refractivity (Wildman–Crippen MR) is 86.5 cm³/mol. The third-order valence-corrected chi connectivity index (χ3v) is 4.72. The number of nitrogens with one attached hydrogen (secondary N) is 2. The van der Waals surface area contributed by atoms with Crippen molar-refractivity contribution in [3.63, 3.8) is 0 Å². The Morgan fingerprint density at radius 3 is 2.88 bits per heavy atom. The van der Waals surface area contributed by atoms with Crippen LogP contribution in [0.2, 0.25) is 0 Å². The molecule has 3 atom stereocenters. The highest BCUT2D eigenvalue weighted by Crippen LogP contribution is 2.25. The second kappa shape index (κ2) is 6.60. The van der Waals surface area contributed by atoms with Crippen molar-refractivity contribution >= 4 is 17.8 Å². The summed E-state index contributed by atoms with van der Waals surface area (Å²) < 4.78 is 0. The van der Waals surface area contributed by atoms with Crippen molar-refractivity contribution in [2.75, 3.05) is 13.2 Å². The monoisotopic (exact) mass is 331 g/mol. The fourth-order valence-electron chi connectivity index (χ4n) is 3.51. The van der Waals surface area contributed by atoms with Crippen molar-refractivity contribution in [2.45, 2.75) is 37.8 Å². The quantitative estimate of drug-likeness (QED) is 0.755. The molecule has 4 amide bonds. The molecule has 2 aliphatic heterocycles. The number of amides is 4. The van der Waals surface area contributed by atoms with Crippen LogP contribution in [0.25, 0.3) is 0 Å². The molecule has 7 nitrogen and oxygen atoms in total. The van der Waals surface area contributed by atoms with Crippen LogP contribution in [-0.4, -0.2) is 53.1 Å². The van der Waals surface area contributed by atoms with Gasteiger partial charge in [0.05, 0.1) is 18.6 Å². The number of aliphatic hydroxyl groups is 1. The number of benzene rings is 1. The normalized spacial score (nSPS) is 26.9. The Balaban J connectivity index is 1.85. The second-order valence-corrected chi connectivity index (χ2v) is 6.33. The fourth-order valence-corrected chi connectivity index (χ4v) is 3.51. The van der Waals surface area contributed by atoms with Gasteiger partial charge in [0.25, 0.3) is 5.91 Å². The first-order valence-corrected chi connectivity index (χ1v) is 8.14. The summed E-state index contributed by atoms with van der Waals surface area (Å²) in [6.07, 6.45) is 1.68. The lowest BCUT2D eigenvalue weighted by molar-refractivity contribution is -0.122. The molecule has 24 heavy (non-hydrogen) atoms. The molecule has 2 aliphatic rings. The van der Waals surface area contributed by atoms with Gasteiger partial charge in [-0.3, -0.25) is 14.9 Å². The van der Waals surface area contributed by atoms with Crippen molar-refractivity contribution in [1.82, 2.24) is 15.5 Å². The van der Waals surface area contributed by atoms with Gasteiger partial charge in [0.1, 0.15) is 0 Å². The van der Waals surface area contributed by atoms with E-state index in [4.69, 9.17) is 0 Å². The number of urea groups is 1. The molecule has 1 aromatic rings. The molecule has 3 N–H and O–H groups in total. The third kappa shape index (κ3) is 2.99. The SMILES string of the molecule is CC1NC(=O)NC(=O)C1c1cccc(C(=O)N2CCC[C@H]2CO)c1. The smallest absolute Gasteiger partial charge is 0.321 e. The zero-order valence-corrected chi connectivity index (χ0v) is 13.5. The van der Waals surface area contributed by atoms with Crippen LogP contribution in [0.5, 0.6) is 0 Å². The van der Waals surface area contributed by atoms with E-state index in [1.165, 1.54) is 0 Å². The number of aliphatic hydroxyl groups excluding tert-OH is 1. The largest absolute Gasteiger partial charge is 0.394 e. The number of carbonyl (C=O) groups excluding carboxylic acids is 3. The number of hydrogen-bond acceptors (Lipinski definition) is 4. The molecule has 3 rings (SSSR count). The van der Waals surface area contributed by atoms with Crippen LogP contribution in [0, 0.1) is 0 Å². The molecule has 0 bridgehead atoms. The van der Waals surface area contributed by atoms with E-state index in [9.17, 15) is 19.5 Å². The molecule has 2 saturated heterocycles. The van der Waals surface area contributed by atoms with Crippen LogP contribution in [0.1, 0.15) is 41.6 Å². The van der Waals surface area contributed by atoms with Gasteiger partial charge in [-0.1, -0.05) is 12.1 Å². The van der Waals surface area contributed by atoms with E-state index in [0.717, 1.165) is 12.8 Å². The van der Waals surface area contributed by atoms with Gasteiger partial charge >= 0.3 is 6.03 Å². The molecule has 0 radical (unpaired) electrons. The molecule has 7 heteroatoms. The van der Waals surface area contributed by atoms with Gasteiger partial charge in [-0.15, -0.1) is 0 Å². The van der Waals surface area contributed by atoms with Crippen molar-refractivity contribution < 1.29 is 19.5 Å². The van der Waals surface area contributed by atoms with E-state index in [2.05, 4.69) is 10.6 Å². The molecule has 2 unspecified atom stereocenters. The summed E-state index contributed by atoms with van der Waals surface area (Å²) in [5.74, 6) is -1.05. The topological polar surface area (TPSA) is 98.7 Å². The van der Waals surface area contributed by atoms with Crippen molar-refractivity contribution in [2.24, 2.45) is 0 Å². The van der Waals surface area contributed by atoms with Gasteiger partial charge in [0, 0.05) is 18.2 Å². The van der Waals surface area contributed by atoms with Crippen molar-refractivity contribution in [3.05, 3.63) is 35.4 Å². The van der Waals surface area contributed by atoms with Gasteiger partial charge < -0.3 is 15.3 Å². The lowest BCUT2D eigenvalue weighted by Crippen LogP contribution is -2.55. The fraction of sp³-hybridized carbons (Fsp3) is 0.471. The first-order chi connectivity index (χ1) is 11.5. The summed E-state index contributed by atoms with van der Waals surface area (Å²) in [5.41, 5.74) is 1.18. The van der Waals surface area contributed by atoms with E-state index < -0.39 is 11.9 Å². The van der Waals surface area contributed by atoms with E-state index >= 15 is 0 Å². The van der Waals surface area contributed by atoms with Crippen LogP contribution in [-0.2, 0) is 4.79 Å². The first kappa shape index (κ1) is 16.4. The summed E-state index contributed by atoms with van der Waals surface area (Å²) in [5, 5.41) is 14.3. The van der Waals surface area contributed by atoms with Crippen LogP contribution < -0.4 is 10.6 Å². The predicted octanol–water partition coefficient (Wildman–Crippen LogP) is 0.595. The lowest BCUT2D eigenvalue weighted by Gasteiger charge is -2.29. The molecule has 0 spiro atoms. The molecule has 0 saturated carbocycles. The zero-order valence-electron chi connectivity index (χ0n) is 13.5. The first-order valence-electron chi connectivity index (χ1n) is 8.14. The summed E-state index contributed by atoms with van der Waals surface area (Å²) in [4.78, 5) is 37.9. The van der Waals surface area contributed by atoms with Crippen LogP contribution in [0.15, 0.2) is 24.3 Å². The Bertz CT molecular complexity index is 676. The van der Waals surface area contributed by atoms with Crippen molar-refractivity contribution in [1.29, 1.82) is 0 Å².